The van der Waals surface area contributed by atoms with E-state index in [9.17, 15) is 0 Å². The molecule has 0 atom stereocenters. The predicted molar refractivity (Wildman–Crippen MR) is 143 cm³/mol. The van der Waals surface area contributed by atoms with E-state index in [4.69, 9.17) is 9.05 Å². The SMILES string of the molecule is CC1(C)N(O[Si](C)(C)C(C)(C)C)C(c2ccc(Br)s2)N(O[Si](C)(C)C(C)(C)C)C1(C)C. The smallest absolute Gasteiger partial charge is 0.220 e. The van der Waals surface area contributed by atoms with Crippen LogP contribution >= 0.6 is 27.3 Å². The molecular weight excluding hydrogens is 504 g/mol. The Morgan fingerprint density at radius 2 is 1.16 bits per heavy atom. The molecule has 0 unspecified atom stereocenters. The van der Waals surface area contributed by atoms with Crippen molar-refractivity contribution in [2.75, 3.05) is 0 Å². The fourth-order valence-corrected chi connectivity index (χ4v) is 6.71. The van der Waals surface area contributed by atoms with Crippen LogP contribution in [0.25, 0.3) is 0 Å². The second-order valence-electron chi connectivity index (χ2n) is 13.0. The molecule has 0 amide bonds. The average molecular weight is 550 g/mol. The van der Waals surface area contributed by atoms with E-state index in [1.807, 2.05) is 0 Å². The largest absolute Gasteiger partial charge is 0.340 e. The summed E-state index contributed by atoms with van der Waals surface area (Å²) in [6, 6.07) is 4.34. The van der Waals surface area contributed by atoms with Gasteiger partial charge in [-0.2, -0.15) is 10.1 Å². The van der Waals surface area contributed by atoms with Gasteiger partial charge in [0.05, 0.1) is 14.9 Å². The normalized spacial score (nSPS) is 21.8. The summed E-state index contributed by atoms with van der Waals surface area (Å²) in [5, 5.41) is 4.77. The van der Waals surface area contributed by atoms with E-state index in [0.29, 0.717) is 0 Å². The summed E-state index contributed by atoms with van der Waals surface area (Å²) in [5.41, 5.74) is -0.516. The van der Waals surface area contributed by atoms with Crippen molar-refractivity contribution in [2.45, 2.75) is 123 Å². The molecule has 0 bridgehead atoms. The molecule has 180 valence electrons. The van der Waals surface area contributed by atoms with Gasteiger partial charge >= 0.3 is 0 Å². The third kappa shape index (κ3) is 4.97. The Balaban J connectivity index is 2.66. The lowest BCUT2D eigenvalue weighted by Gasteiger charge is -2.46. The van der Waals surface area contributed by atoms with Gasteiger partial charge < -0.3 is 9.05 Å². The molecule has 0 aromatic carbocycles. The standard InChI is InChI=1S/C23H45BrN2O2SSi2/c1-20(2,3)30(11,12)27-25-19(17-15-16-18(24)29-17)26(23(9,10)22(25,7)8)28-31(13,14)21(4,5)6/h15-16,19H,1-14H3. The topological polar surface area (TPSA) is 24.9 Å². The van der Waals surface area contributed by atoms with Gasteiger partial charge in [0.25, 0.3) is 0 Å². The molecule has 31 heavy (non-hydrogen) atoms. The van der Waals surface area contributed by atoms with E-state index in [-0.39, 0.29) is 27.3 Å². The lowest BCUT2D eigenvalue weighted by molar-refractivity contribution is -0.203. The van der Waals surface area contributed by atoms with Gasteiger partial charge in [-0.1, -0.05) is 41.5 Å². The lowest BCUT2D eigenvalue weighted by atomic mass is 9.84. The minimum absolute atomic E-state index is 0.0930. The van der Waals surface area contributed by atoms with Crippen molar-refractivity contribution >= 4 is 43.9 Å². The molecule has 4 nitrogen and oxygen atoms in total. The molecule has 0 spiro atoms. The van der Waals surface area contributed by atoms with Gasteiger partial charge in [0.15, 0.2) is 0 Å². The van der Waals surface area contributed by atoms with Crippen LogP contribution in [0.1, 0.15) is 80.3 Å². The molecule has 1 saturated heterocycles. The number of hydrogen-bond acceptors (Lipinski definition) is 5. The first kappa shape index (κ1) is 27.7. The van der Waals surface area contributed by atoms with Crippen LogP contribution in [0.4, 0.5) is 0 Å². The van der Waals surface area contributed by atoms with Crippen LogP contribution in [-0.4, -0.2) is 37.8 Å². The summed E-state index contributed by atoms with van der Waals surface area (Å²) in [7, 11) is -4.13. The molecule has 1 aromatic heterocycles. The number of thiophene rings is 1. The molecule has 1 aromatic rings. The summed E-state index contributed by atoms with van der Waals surface area (Å²) in [6.45, 7) is 32.3. The minimum atomic E-state index is -2.07. The first-order valence-corrected chi connectivity index (χ1v) is 18.7. The van der Waals surface area contributed by atoms with Crippen LogP contribution in [0.15, 0.2) is 15.9 Å². The zero-order valence-electron chi connectivity index (χ0n) is 22.2. The third-order valence-electron chi connectivity index (χ3n) is 8.16. The van der Waals surface area contributed by atoms with Gasteiger partial charge in [0.1, 0.15) is 6.17 Å². The van der Waals surface area contributed by atoms with E-state index >= 15 is 0 Å². The first-order chi connectivity index (χ1) is 13.6. The highest BCUT2D eigenvalue weighted by molar-refractivity contribution is 9.11. The van der Waals surface area contributed by atoms with E-state index in [1.54, 1.807) is 11.3 Å². The van der Waals surface area contributed by atoms with Crippen LogP contribution in [-0.2, 0) is 9.05 Å². The van der Waals surface area contributed by atoms with E-state index in [0.717, 1.165) is 3.79 Å². The Bertz CT molecular complexity index is 748. The summed E-state index contributed by atoms with van der Waals surface area (Å²) in [5.74, 6) is 0. The molecule has 0 saturated carbocycles. The van der Waals surface area contributed by atoms with Crippen LogP contribution < -0.4 is 0 Å². The zero-order chi connectivity index (χ0) is 24.4. The maximum Gasteiger partial charge on any atom is 0.220 e. The molecular formula is C23H45BrN2O2SSi2. The average Bonchev–Trinajstić information content (AvgIpc) is 3.00. The second-order valence-corrected chi connectivity index (χ2v) is 24.9. The Kier molecular flexibility index (Phi) is 7.41. The second kappa shape index (κ2) is 8.29. The summed E-state index contributed by atoms with van der Waals surface area (Å²) >= 11 is 5.44. The minimum Gasteiger partial charge on any atom is -0.340 e. The van der Waals surface area contributed by atoms with Gasteiger partial charge in [-0.05, 0) is 92.0 Å². The van der Waals surface area contributed by atoms with Crippen molar-refractivity contribution in [2.24, 2.45) is 0 Å². The Hall–Kier alpha value is 0.454. The van der Waals surface area contributed by atoms with Crippen molar-refractivity contribution in [3.63, 3.8) is 0 Å². The lowest BCUT2D eigenvalue weighted by Crippen LogP contribution is -2.58. The highest BCUT2D eigenvalue weighted by Crippen LogP contribution is 2.55. The van der Waals surface area contributed by atoms with Gasteiger partial charge in [0.2, 0.25) is 16.6 Å². The van der Waals surface area contributed by atoms with Crippen LogP contribution in [0, 0.1) is 0 Å². The molecule has 1 fully saturated rings. The number of hydroxylamine groups is 4. The highest BCUT2D eigenvalue weighted by atomic mass is 79.9. The number of hydrogen-bond donors (Lipinski definition) is 0. The van der Waals surface area contributed by atoms with Gasteiger partial charge in [-0.3, -0.25) is 0 Å². The van der Waals surface area contributed by atoms with Gasteiger partial charge in [-0.25, -0.2) is 0 Å². The number of rotatable bonds is 5. The van der Waals surface area contributed by atoms with E-state index < -0.39 is 16.6 Å². The van der Waals surface area contributed by atoms with Crippen LogP contribution in [0.2, 0.25) is 36.3 Å². The maximum atomic E-state index is 7.08. The number of halogens is 1. The predicted octanol–water partition coefficient (Wildman–Crippen LogP) is 8.56. The first-order valence-electron chi connectivity index (χ1n) is 11.3. The van der Waals surface area contributed by atoms with Crippen molar-refractivity contribution in [1.29, 1.82) is 0 Å². The van der Waals surface area contributed by atoms with Crippen molar-refractivity contribution in [3.05, 3.63) is 20.8 Å². The summed E-state index contributed by atoms with van der Waals surface area (Å²) in [6.07, 6.45) is -0.0930. The van der Waals surface area contributed by atoms with Gasteiger partial charge in [-0.15, -0.1) is 11.3 Å². The fourth-order valence-electron chi connectivity index (χ4n) is 3.04. The van der Waals surface area contributed by atoms with E-state index in [1.165, 1.54) is 4.88 Å². The van der Waals surface area contributed by atoms with E-state index in [2.05, 4.69) is 134 Å². The Labute approximate surface area is 206 Å². The number of nitrogens with zero attached hydrogens (tertiary/aromatic N) is 2. The van der Waals surface area contributed by atoms with Crippen LogP contribution in [0.5, 0.6) is 0 Å². The van der Waals surface area contributed by atoms with Crippen molar-refractivity contribution < 1.29 is 9.05 Å². The molecule has 1 aliphatic rings. The molecule has 0 aliphatic carbocycles. The molecule has 0 N–H and O–H groups in total. The van der Waals surface area contributed by atoms with Crippen molar-refractivity contribution in [3.8, 4) is 0 Å². The maximum absolute atomic E-state index is 7.08. The molecule has 8 heteroatoms. The van der Waals surface area contributed by atoms with Crippen molar-refractivity contribution in [1.82, 2.24) is 10.1 Å². The molecule has 2 heterocycles. The highest BCUT2D eigenvalue weighted by Gasteiger charge is 2.63. The zero-order valence-corrected chi connectivity index (χ0v) is 26.6. The quantitative estimate of drug-likeness (QED) is 0.344. The molecule has 0 radical (unpaired) electrons. The van der Waals surface area contributed by atoms with Crippen LogP contribution in [0.3, 0.4) is 0 Å². The summed E-state index contributed by atoms with van der Waals surface area (Å²) < 4.78 is 15.3. The molecule has 2 rings (SSSR count). The monoisotopic (exact) mass is 548 g/mol. The Morgan fingerprint density at radius 1 is 0.806 bits per heavy atom. The molecule has 1 aliphatic heterocycles. The van der Waals surface area contributed by atoms with Gasteiger partial charge in [0, 0.05) is 4.88 Å². The Morgan fingerprint density at radius 3 is 1.42 bits per heavy atom. The fraction of sp³-hybridized carbons (Fsp3) is 0.826. The summed E-state index contributed by atoms with van der Waals surface area (Å²) in [4.78, 5) is 1.24. The third-order valence-corrected chi connectivity index (χ3v) is 18.4.